The monoisotopic (exact) mass is 284 g/mol. The van der Waals surface area contributed by atoms with Gasteiger partial charge in [-0.3, -0.25) is 9.59 Å². The highest BCUT2D eigenvalue weighted by molar-refractivity contribution is 6.06. The molecule has 0 saturated carbocycles. The largest absolute Gasteiger partial charge is 0.409 e. The van der Waals surface area contributed by atoms with Crippen molar-refractivity contribution in [1.29, 1.82) is 0 Å². The number of likely N-dealkylation sites (tertiary alicyclic amines) is 1. The van der Waals surface area contributed by atoms with E-state index in [0.717, 1.165) is 0 Å². The second kappa shape index (κ2) is 6.58. The Morgan fingerprint density at radius 1 is 1.55 bits per heavy atom. The summed E-state index contributed by atoms with van der Waals surface area (Å²) in [5.74, 6) is -0.227. The highest BCUT2D eigenvalue weighted by atomic mass is 16.4. The standard InChI is InChI=1S/C13H24N4O3/c1-4-13(5-2,11(14)16-20)12(19)15-9-6-7-10(18)17(3)8-9/h9,20H,4-8H2,1-3H3,(H2,14,16)(H,15,19). The molecule has 1 aliphatic rings. The van der Waals surface area contributed by atoms with Gasteiger partial charge in [0.2, 0.25) is 11.8 Å². The van der Waals surface area contributed by atoms with E-state index in [-0.39, 0.29) is 23.7 Å². The summed E-state index contributed by atoms with van der Waals surface area (Å²) in [6, 6.07) is -0.0887. The minimum atomic E-state index is -0.991. The van der Waals surface area contributed by atoms with Crippen LogP contribution in [0, 0.1) is 5.41 Å². The third-order valence-electron chi connectivity index (χ3n) is 4.20. The number of oxime groups is 1. The molecule has 20 heavy (non-hydrogen) atoms. The topological polar surface area (TPSA) is 108 Å². The third-order valence-corrected chi connectivity index (χ3v) is 4.20. The van der Waals surface area contributed by atoms with E-state index in [1.165, 1.54) is 0 Å². The molecule has 7 nitrogen and oxygen atoms in total. The fraction of sp³-hybridized carbons (Fsp3) is 0.769. The molecule has 0 aromatic heterocycles. The van der Waals surface area contributed by atoms with Gasteiger partial charge in [0.05, 0.1) is 0 Å². The number of amidine groups is 1. The Morgan fingerprint density at radius 2 is 2.15 bits per heavy atom. The Balaban J connectivity index is 2.80. The Labute approximate surface area is 119 Å². The van der Waals surface area contributed by atoms with Crippen LogP contribution in [0.15, 0.2) is 5.16 Å². The Bertz CT molecular complexity index is 404. The minimum Gasteiger partial charge on any atom is -0.409 e. The van der Waals surface area contributed by atoms with Gasteiger partial charge in [0.25, 0.3) is 0 Å². The predicted octanol–water partition coefficient (Wildman–Crippen LogP) is 0.276. The Hall–Kier alpha value is -1.79. The van der Waals surface area contributed by atoms with E-state index in [0.29, 0.717) is 32.2 Å². The SMILES string of the molecule is CCC(CC)(C(=O)NC1CCC(=O)N(C)C1)C(N)=NO. The third kappa shape index (κ3) is 3.02. The minimum absolute atomic E-state index is 0.0692. The summed E-state index contributed by atoms with van der Waals surface area (Å²) in [4.78, 5) is 25.5. The number of rotatable bonds is 5. The Kier molecular flexibility index (Phi) is 5.35. The van der Waals surface area contributed by atoms with Gasteiger partial charge < -0.3 is 21.2 Å². The molecule has 1 saturated heterocycles. The van der Waals surface area contributed by atoms with Gasteiger partial charge in [-0.2, -0.15) is 0 Å². The average molecular weight is 284 g/mol. The summed E-state index contributed by atoms with van der Waals surface area (Å²) < 4.78 is 0. The van der Waals surface area contributed by atoms with E-state index in [1.807, 2.05) is 13.8 Å². The molecule has 0 radical (unpaired) electrons. The maximum atomic E-state index is 12.5. The van der Waals surface area contributed by atoms with Crippen molar-refractivity contribution in [2.24, 2.45) is 16.3 Å². The molecule has 1 unspecified atom stereocenters. The first kappa shape index (κ1) is 16.3. The zero-order valence-electron chi connectivity index (χ0n) is 12.3. The van der Waals surface area contributed by atoms with Crippen molar-refractivity contribution in [3.05, 3.63) is 0 Å². The molecule has 0 bridgehead atoms. The first-order chi connectivity index (χ1) is 9.41. The molecule has 1 atom stereocenters. The van der Waals surface area contributed by atoms with Crippen molar-refractivity contribution in [2.75, 3.05) is 13.6 Å². The number of amides is 2. The molecule has 2 amide bonds. The molecule has 0 spiro atoms. The molecule has 7 heteroatoms. The number of hydrogen-bond donors (Lipinski definition) is 3. The number of hydrogen-bond acceptors (Lipinski definition) is 4. The fourth-order valence-corrected chi connectivity index (χ4v) is 2.60. The van der Waals surface area contributed by atoms with Crippen molar-refractivity contribution in [3.8, 4) is 0 Å². The highest BCUT2D eigenvalue weighted by Crippen LogP contribution is 2.27. The van der Waals surface area contributed by atoms with Crippen LogP contribution in [-0.4, -0.2) is 47.4 Å². The second-order valence-corrected chi connectivity index (χ2v) is 5.26. The highest BCUT2D eigenvalue weighted by Gasteiger charge is 2.41. The summed E-state index contributed by atoms with van der Waals surface area (Å²) in [5.41, 5.74) is 4.71. The maximum absolute atomic E-state index is 12.5. The number of nitrogens with two attached hydrogens (primary N) is 1. The number of piperidine rings is 1. The summed E-state index contributed by atoms with van der Waals surface area (Å²) >= 11 is 0. The van der Waals surface area contributed by atoms with E-state index < -0.39 is 5.41 Å². The molecule has 1 heterocycles. The number of nitrogens with zero attached hydrogens (tertiary/aromatic N) is 2. The molecular formula is C13H24N4O3. The maximum Gasteiger partial charge on any atom is 0.234 e. The van der Waals surface area contributed by atoms with E-state index in [2.05, 4.69) is 10.5 Å². The number of carbonyl (C=O) groups is 2. The van der Waals surface area contributed by atoms with E-state index in [4.69, 9.17) is 10.9 Å². The Morgan fingerprint density at radius 3 is 2.60 bits per heavy atom. The van der Waals surface area contributed by atoms with Crippen LogP contribution in [0.1, 0.15) is 39.5 Å². The lowest BCUT2D eigenvalue weighted by atomic mass is 9.79. The summed E-state index contributed by atoms with van der Waals surface area (Å²) in [7, 11) is 1.72. The summed E-state index contributed by atoms with van der Waals surface area (Å²) in [6.45, 7) is 4.15. The molecule has 114 valence electrons. The predicted molar refractivity (Wildman–Crippen MR) is 75.2 cm³/mol. The molecular weight excluding hydrogens is 260 g/mol. The first-order valence-corrected chi connectivity index (χ1v) is 6.94. The van der Waals surface area contributed by atoms with Crippen molar-refractivity contribution in [2.45, 2.75) is 45.6 Å². The van der Waals surface area contributed by atoms with E-state index >= 15 is 0 Å². The van der Waals surface area contributed by atoms with Crippen LogP contribution in [0.5, 0.6) is 0 Å². The van der Waals surface area contributed by atoms with Crippen molar-refractivity contribution < 1.29 is 14.8 Å². The van der Waals surface area contributed by atoms with Gasteiger partial charge in [-0.15, -0.1) is 0 Å². The lowest BCUT2D eigenvalue weighted by Gasteiger charge is -2.34. The van der Waals surface area contributed by atoms with Gasteiger partial charge in [-0.25, -0.2) is 0 Å². The second-order valence-electron chi connectivity index (χ2n) is 5.26. The number of likely N-dealkylation sites (N-methyl/N-ethyl adjacent to an activating group) is 1. The van der Waals surface area contributed by atoms with Crippen LogP contribution in [0.4, 0.5) is 0 Å². The molecule has 4 N–H and O–H groups in total. The number of carbonyl (C=O) groups excluding carboxylic acids is 2. The molecule has 0 aromatic rings. The van der Waals surface area contributed by atoms with Crippen LogP contribution in [0.25, 0.3) is 0 Å². The van der Waals surface area contributed by atoms with Crippen LogP contribution in [0.2, 0.25) is 0 Å². The van der Waals surface area contributed by atoms with Crippen LogP contribution in [0.3, 0.4) is 0 Å². The molecule has 1 rings (SSSR count). The zero-order chi connectivity index (χ0) is 15.3. The zero-order valence-corrected chi connectivity index (χ0v) is 12.3. The van der Waals surface area contributed by atoms with Gasteiger partial charge in [0, 0.05) is 26.1 Å². The van der Waals surface area contributed by atoms with Crippen LogP contribution in [-0.2, 0) is 9.59 Å². The van der Waals surface area contributed by atoms with Crippen molar-refractivity contribution >= 4 is 17.6 Å². The average Bonchev–Trinajstić information content (AvgIpc) is 2.44. The fourth-order valence-electron chi connectivity index (χ4n) is 2.60. The molecule has 0 aromatic carbocycles. The van der Waals surface area contributed by atoms with Crippen LogP contribution < -0.4 is 11.1 Å². The van der Waals surface area contributed by atoms with Crippen LogP contribution >= 0.6 is 0 Å². The van der Waals surface area contributed by atoms with Crippen molar-refractivity contribution in [3.63, 3.8) is 0 Å². The summed E-state index contributed by atoms with van der Waals surface area (Å²) in [5, 5.41) is 14.8. The molecule has 1 fully saturated rings. The first-order valence-electron chi connectivity index (χ1n) is 6.94. The van der Waals surface area contributed by atoms with E-state index in [1.54, 1.807) is 11.9 Å². The summed E-state index contributed by atoms with van der Waals surface area (Å²) in [6.07, 6.45) is 1.95. The molecule has 0 aliphatic carbocycles. The lowest BCUT2D eigenvalue weighted by molar-refractivity contribution is -0.135. The lowest BCUT2D eigenvalue weighted by Crippen LogP contribution is -2.55. The van der Waals surface area contributed by atoms with Gasteiger partial charge >= 0.3 is 0 Å². The number of nitrogens with one attached hydrogen (secondary N) is 1. The normalized spacial score (nSPS) is 20.9. The quantitative estimate of drug-likeness (QED) is 0.291. The van der Waals surface area contributed by atoms with Gasteiger partial charge in [-0.05, 0) is 19.3 Å². The van der Waals surface area contributed by atoms with Crippen molar-refractivity contribution in [1.82, 2.24) is 10.2 Å². The molecule has 1 aliphatic heterocycles. The van der Waals surface area contributed by atoms with Gasteiger partial charge in [-0.1, -0.05) is 19.0 Å². The van der Waals surface area contributed by atoms with Gasteiger partial charge in [0.15, 0.2) is 5.84 Å². The van der Waals surface area contributed by atoms with E-state index in [9.17, 15) is 9.59 Å². The smallest absolute Gasteiger partial charge is 0.234 e. The van der Waals surface area contributed by atoms with Gasteiger partial charge in [0.1, 0.15) is 5.41 Å².